The van der Waals surface area contributed by atoms with Gasteiger partial charge in [-0.15, -0.1) is 0 Å². The number of amides is 1. The van der Waals surface area contributed by atoms with Crippen LogP contribution < -0.4 is 15.0 Å². The topological polar surface area (TPSA) is 54.5 Å². The molecule has 1 aliphatic heterocycles. The van der Waals surface area contributed by atoms with Gasteiger partial charge >= 0.3 is 0 Å². The van der Waals surface area contributed by atoms with Gasteiger partial charge in [-0.1, -0.05) is 17.7 Å². The second kappa shape index (κ2) is 7.11. The SMILES string of the molecule is CCOc1ccc(N2C(=O)c3cccnc3[C@H]2Nc2ccc(C)cc2)cc1. The minimum Gasteiger partial charge on any atom is -0.494 e. The number of hydrogen-bond donors (Lipinski definition) is 1. The summed E-state index contributed by atoms with van der Waals surface area (Å²) in [6.07, 6.45) is 1.35. The van der Waals surface area contributed by atoms with E-state index in [4.69, 9.17) is 4.74 Å². The van der Waals surface area contributed by atoms with E-state index in [1.165, 1.54) is 5.56 Å². The van der Waals surface area contributed by atoms with E-state index < -0.39 is 0 Å². The van der Waals surface area contributed by atoms with Gasteiger partial charge in [-0.3, -0.25) is 14.7 Å². The van der Waals surface area contributed by atoms with Crippen LogP contribution in [0.25, 0.3) is 0 Å². The molecule has 5 nitrogen and oxygen atoms in total. The van der Waals surface area contributed by atoms with Crippen molar-refractivity contribution in [3.63, 3.8) is 0 Å². The Balaban J connectivity index is 1.71. The molecule has 0 saturated heterocycles. The summed E-state index contributed by atoms with van der Waals surface area (Å²) < 4.78 is 5.51. The van der Waals surface area contributed by atoms with E-state index in [1.807, 2.05) is 68.4 Å². The highest BCUT2D eigenvalue weighted by atomic mass is 16.5. The Hall–Kier alpha value is -3.34. The molecule has 1 N–H and O–H groups in total. The number of carbonyl (C=O) groups is 1. The number of pyridine rings is 1. The Bertz CT molecular complexity index is 952. The first-order valence-electron chi connectivity index (χ1n) is 9.02. The van der Waals surface area contributed by atoms with E-state index in [9.17, 15) is 4.79 Å². The minimum atomic E-state index is -0.366. The third-order valence-corrected chi connectivity index (χ3v) is 4.59. The molecular weight excluding hydrogens is 338 g/mol. The Labute approximate surface area is 158 Å². The molecule has 1 aromatic heterocycles. The van der Waals surface area contributed by atoms with Gasteiger partial charge < -0.3 is 10.1 Å². The number of carbonyl (C=O) groups excluding carboxylic acids is 1. The summed E-state index contributed by atoms with van der Waals surface area (Å²) in [5.74, 6) is 0.721. The van der Waals surface area contributed by atoms with Crippen molar-refractivity contribution in [1.29, 1.82) is 0 Å². The number of aryl methyl sites for hydroxylation is 1. The van der Waals surface area contributed by atoms with Crippen molar-refractivity contribution >= 4 is 17.3 Å². The maximum Gasteiger partial charge on any atom is 0.262 e. The number of fused-ring (bicyclic) bond motifs is 1. The smallest absolute Gasteiger partial charge is 0.262 e. The standard InChI is InChI=1S/C22H21N3O2/c1-3-27-18-12-10-17(11-13-18)25-21(24-16-8-6-15(2)7-9-16)20-19(22(25)26)5-4-14-23-20/h4-14,21,24H,3H2,1-2H3/t21-/m0/s1. The quantitative estimate of drug-likeness (QED) is 0.726. The predicted molar refractivity (Wildman–Crippen MR) is 106 cm³/mol. The van der Waals surface area contributed by atoms with Crippen LogP contribution in [0.1, 0.15) is 34.7 Å². The van der Waals surface area contributed by atoms with E-state index in [1.54, 1.807) is 17.2 Å². The first-order valence-corrected chi connectivity index (χ1v) is 9.02. The Morgan fingerprint density at radius 1 is 1.07 bits per heavy atom. The fraction of sp³-hybridized carbons (Fsp3) is 0.182. The number of benzene rings is 2. The monoisotopic (exact) mass is 359 g/mol. The van der Waals surface area contributed by atoms with Crippen LogP contribution in [0.15, 0.2) is 66.9 Å². The van der Waals surface area contributed by atoms with Crippen molar-refractivity contribution in [2.75, 3.05) is 16.8 Å². The largest absolute Gasteiger partial charge is 0.494 e. The zero-order valence-electron chi connectivity index (χ0n) is 15.3. The van der Waals surface area contributed by atoms with Crippen molar-refractivity contribution in [2.45, 2.75) is 20.0 Å². The molecule has 0 saturated carbocycles. The Morgan fingerprint density at radius 2 is 1.81 bits per heavy atom. The third-order valence-electron chi connectivity index (χ3n) is 4.59. The summed E-state index contributed by atoms with van der Waals surface area (Å²) in [4.78, 5) is 19.3. The van der Waals surface area contributed by atoms with E-state index in [-0.39, 0.29) is 12.1 Å². The number of nitrogens with zero attached hydrogens (tertiary/aromatic N) is 2. The molecule has 1 amide bonds. The maximum atomic E-state index is 13.1. The first-order chi connectivity index (χ1) is 13.2. The summed E-state index contributed by atoms with van der Waals surface area (Å²) in [6.45, 7) is 4.60. The molecule has 4 rings (SSSR count). The summed E-state index contributed by atoms with van der Waals surface area (Å²) in [7, 11) is 0. The molecule has 3 aromatic rings. The number of ether oxygens (including phenoxy) is 1. The van der Waals surface area contributed by atoms with Crippen LogP contribution in [-0.2, 0) is 0 Å². The lowest BCUT2D eigenvalue weighted by molar-refractivity contribution is 0.0993. The molecule has 0 radical (unpaired) electrons. The average molecular weight is 359 g/mol. The highest BCUT2D eigenvalue weighted by molar-refractivity contribution is 6.11. The van der Waals surface area contributed by atoms with E-state index >= 15 is 0 Å². The van der Waals surface area contributed by atoms with Crippen molar-refractivity contribution in [1.82, 2.24) is 4.98 Å². The van der Waals surface area contributed by atoms with Crippen LogP contribution in [-0.4, -0.2) is 17.5 Å². The number of rotatable bonds is 5. The molecule has 1 atom stereocenters. The second-order valence-corrected chi connectivity index (χ2v) is 6.45. The van der Waals surface area contributed by atoms with Crippen molar-refractivity contribution < 1.29 is 9.53 Å². The van der Waals surface area contributed by atoms with Gasteiger partial charge in [0.05, 0.1) is 17.9 Å². The van der Waals surface area contributed by atoms with E-state index in [0.717, 1.165) is 22.8 Å². The van der Waals surface area contributed by atoms with Crippen LogP contribution in [0, 0.1) is 6.92 Å². The van der Waals surface area contributed by atoms with Crippen LogP contribution in [0.2, 0.25) is 0 Å². The number of anilines is 2. The number of aromatic nitrogens is 1. The van der Waals surface area contributed by atoms with Crippen molar-refractivity contribution in [3.05, 3.63) is 83.7 Å². The van der Waals surface area contributed by atoms with Crippen molar-refractivity contribution in [2.24, 2.45) is 0 Å². The number of hydrogen-bond acceptors (Lipinski definition) is 4. The summed E-state index contributed by atoms with van der Waals surface area (Å²) in [5.41, 5.74) is 4.27. The van der Waals surface area contributed by atoms with Gasteiger partial charge in [0, 0.05) is 17.6 Å². The molecule has 2 aromatic carbocycles. The zero-order chi connectivity index (χ0) is 18.8. The summed E-state index contributed by atoms with van der Waals surface area (Å²) >= 11 is 0. The first kappa shape index (κ1) is 17.1. The Kier molecular flexibility index (Phi) is 4.50. The molecule has 136 valence electrons. The highest BCUT2D eigenvalue weighted by Gasteiger charge is 2.38. The lowest BCUT2D eigenvalue weighted by Crippen LogP contribution is -2.32. The van der Waals surface area contributed by atoms with Crippen LogP contribution in [0.5, 0.6) is 5.75 Å². The third kappa shape index (κ3) is 3.24. The van der Waals surface area contributed by atoms with Gasteiger partial charge in [0.1, 0.15) is 5.75 Å². The molecule has 5 heteroatoms. The second-order valence-electron chi connectivity index (χ2n) is 6.45. The number of nitrogens with one attached hydrogen (secondary N) is 1. The lowest BCUT2D eigenvalue weighted by atomic mass is 10.2. The lowest BCUT2D eigenvalue weighted by Gasteiger charge is -2.26. The van der Waals surface area contributed by atoms with Gasteiger partial charge in [0.2, 0.25) is 0 Å². The molecular formula is C22H21N3O2. The van der Waals surface area contributed by atoms with Gasteiger partial charge in [-0.25, -0.2) is 0 Å². The van der Waals surface area contributed by atoms with E-state index in [0.29, 0.717) is 12.2 Å². The predicted octanol–water partition coefficient (Wildman–Crippen LogP) is 4.56. The van der Waals surface area contributed by atoms with E-state index in [2.05, 4.69) is 10.3 Å². The minimum absolute atomic E-state index is 0.0631. The molecule has 0 fully saturated rings. The molecule has 0 spiro atoms. The summed E-state index contributed by atoms with van der Waals surface area (Å²) in [5, 5.41) is 3.45. The summed E-state index contributed by atoms with van der Waals surface area (Å²) in [6, 6.07) is 19.3. The van der Waals surface area contributed by atoms with Gasteiger partial charge in [-0.2, -0.15) is 0 Å². The highest BCUT2D eigenvalue weighted by Crippen LogP contribution is 2.37. The molecule has 27 heavy (non-hydrogen) atoms. The van der Waals surface area contributed by atoms with Gasteiger partial charge in [0.15, 0.2) is 6.17 Å². The zero-order valence-corrected chi connectivity index (χ0v) is 15.3. The molecule has 0 aliphatic carbocycles. The van der Waals surface area contributed by atoms with Gasteiger partial charge in [0.25, 0.3) is 5.91 Å². The van der Waals surface area contributed by atoms with Crippen LogP contribution in [0.3, 0.4) is 0 Å². The average Bonchev–Trinajstić information content (AvgIpc) is 2.97. The fourth-order valence-corrected chi connectivity index (χ4v) is 3.26. The van der Waals surface area contributed by atoms with Crippen LogP contribution >= 0.6 is 0 Å². The molecule has 2 heterocycles. The van der Waals surface area contributed by atoms with Gasteiger partial charge in [-0.05, 0) is 62.4 Å². The maximum absolute atomic E-state index is 13.1. The fourth-order valence-electron chi connectivity index (χ4n) is 3.26. The van der Waals surface area contributed by atoms with Crippen molar-refractivity contribution in [3.8, 4) is 5.75 Å². The Morgan fingerprint density at radius 3 is 2.52 bits per heavy atom. The van der Waals surface area contributed by atoms with Crippen LogP contribution in [0.4, 0.5) is 11.4 Å². The molecule has 1 aliphatic rings. The normalized spacial score (nSPS) is 15.6. The molecule has 0 unspecified atom stereocenters. The molecule has 0 bridgehead atoms.